The largest absolute Gasteiger partial charge is 0.478 e. The van der Waals surface area contributed by atoms with Crippen molar-refractivity contribution in [1.82, 2.24) is 15.0 Å². The van der Waals surface area contributed by atoms with Crippen LogP contribution in [-0.2, 0) is 0 Å². The van der Waals surface area contributed by atoms with E-state index in [2.05, 4.69) is 24.8 Å². The van der Waals surface area contributed by atoms with Crippen LogP contribution in [0.2, 0.25) is 5.02 Å². The van der Waals surface area contributed by atoms with Gasteiger partial charge in [-0.05, 0) is 19.1 Å². The molecule has 0 spiro atoms. The van der Waals surface area contributed by atoms with Crippen molar-refractivity contribution in [3.8, 4) is 5.88 Å². The molecule has 3 rings (SSSR count). The number of hydrogen-bond acceptors (Lipinski definition) is 6. The molecule has 0 radical (unpaired) electrons. The van der Waals surface area contributed by atoms with Crippen LogP contribution in [0.15, 0.2) is 30.7 Å². The maximum Gasteiger partial charge on any atom is 0.218 e. The first-order valence-corrected chi connectivity index (χ1v) is 7.70. The number of aromatic nitrogens is 3. The highest BCUT2D eigenvalue weighted by atomic mass is 35.5. The lowest BCUT2D eigenvalue weighted by atomic mass is 10.3. The summed E-state index contributed by atoms with van der Waals surface area (Å²) in [6.45, 7) is 6.09. The van der Waals surface area contributed by atoms with Crippen molar-refractivity contribution in [3.05, 3.63) is 35.7 Å². The molecule has 0 saturated carbocycles. The van der Waals surface area contributed by atoms with Gasteiger partial charge in [0.15, 0.2) is 0 Å². The van der Waals surface area contributed by atoms with E-state index in [9.17, 15) is 0 Å². The number of piperazine rings is 1. The Bertz CT molecular complexity index is 614. The first-order chi connectivity index (χ1) is 10.8. The minimum Gasteiger partial charge on any atom is -0.478 e. The highest BCUT2D eigenvalue weighted by Gasteiger charge is 2.19. The van der Waals surface area contributed by atoms with Crippen LogP contribution in [0.4, 0.5) is 11.6 Å². The minimum atomic E-state index is 0.604. The molecule has 0 aliphatic carbocycles. The summed E-state index contributed by atoms with van der Waals surface area (Å²) in [4.78, 5) is 17.3. The van der Waals surface area contributed by atoms with E-state index in [0.29, 0.717) is 17.5 Å². The van der Waals surface area contributed by atoms with Gasteiger partial charge >= 0.3 is 0 Å². The standard InChI is InChI=1S/C15H18ClN5O/c1-2-22-15-9-14(18-11-19-15)21-7-5-20(6-8-21)13-4-3-12(16)10-17-13/h3-4,9-11H,2,5-8H2,1H3. The van der Waals surface area contributed by atoms with E-state index in [1.165, 1.54) is 0 Å². The Kier molecular flexibility index (Phi) is 4.58. The van der Waals surface area contributed by atoms with Crippen LogP contribution in [0.3, 0.4) is 0 Å². The Morgan fingerprint density at radius 1 is 1.05 bits per heavy atom. The summed E-state index contributed by atoms with van der Waals surface area (Å²) in [7, 11) is 0. The van der Waals surface area contributed by atoms with Gasteiger partial charge in [-0.3, -0.25) is 0 Å². The maximum absolute atomic E-state index is 5.88. The minimum absolute atomic E-state index is 0.604. The van der Waals surface area contributed by atoms with Gasteiger partial charge in [0, 0.05) is 38.4 Å². The van der Waals surface area contributed by atoms with E-state index in [4.69, 9.17) is 16.3 Å². The van der Waals surface area contributed by atoms with Crippen LogP contribution in [0, 0.1) is 0 Å². The predicted molar refractivity (Wildman–Crippen MR) is 86.9 cm³/mol. The highest BCUT2D eigenvalue weighted by Crippen LogP contribution is 2.20. The molecule has 2 aromatic rings. The lowest BCUT2D eigenvalue weighted by molar-refractivity contribution is 0.326. The Labute approximate surface area is 134 Å². The second-order valence-electron chi connectivity index (χ2n) is 4.96. The van der Waals surface area contributed by atoms with Gasteiger partial charge in [-0.25, -0.2) is 15.0 Å². The van der Waals surface area contributed by atoms with Crippen molar-refractivity contribution < 1.29 is 4.74 Å². The summed E-state index contributed by atoms with van der Waals surface area (Å²) in [6, 6.07) is 5.71. The number of nitrogens with zero attached hydrogens (tertiary/aromatic N) is 5. The van der Waals surface area contributed by atoms with E-state index < -0.39 is 0 Å². The summed E-state index contributed by atoms with van der Waals surface area (Å²) >= 11 is 5.88. The van der Waals surface area contributed by atoms with Gasteiger partial charge in [0.2, 0.25) is 5.88 Å². The van der Waals surface area contributed by atoms with Gasteiger partial charge in [-0.1, -0.05) is 11.6 Å². The molecule has 0 atom stereocenters. The number of pyridine rings is 1. The lowest BCUT2D eigenvalue weighted by Crippen LogP contribution is -2.47. The fraction of sp³-hybridized carbons (Fsp3) is 0.400. The third kappa shape index (κ3) is 3.39. The molecule has 1 fully saturated rings. The van der Waals surface area contributed by atoms with Crippen molar-refractivity contribution in [1.29, 1.82) is 0 Å². The fourth-order valence-corrected chi connectivity index (χ4v) is 2.56. The van der Waals surface area contributed by atoms with Crippen molar-refractivity contribution >= 4 is 23.2 Å². The van der Waals surface area contributed by atoms with Crippen molar-refractivity contribution in [2.45, 2.75) is 6.92 Å². The average Bonchev–Trinajstić information content (AvgIpc) is 2.56. The zero-order chi connectivity index (χ0) is 15.4. The number of anilines is 2. The molecule has 0 unspecified atom stereocenters. The van der Waals surface area contributed by atoms with Gasteiger partial charge in [-0.15, -0.1) is 0 Å². The van der Waals surface area contributed by atoms with Gasteiger partial charge in [-0.2, -0.15) is 0 Å². The second-order valence-corrected chi connectivity index (χ2v) is 5.39. The molecular formula is C15H18ClN5O. The monoisotopic (exact) mass is 319 g/mol. The summed E-state index contributed by atoms with van der Waals surface area (Å²) in [5.74, 6) is 2.48. The zero-order valence-electron chi connectivity index (χ0n) is 12.4. The SMILES string of the molecule is CCOc1cc(N2CCN(c3ccc(Cl)cn3)CC2)ncn1. The molecule has 22 heavy (non-hydrogen) atoms. The van der Waals surface area contributed by atoms with Gasteiger partial charge < -0.3 is 14.5 Å². The Balaban J connectivity index is 1.64. The van der Waals surface area contributed by atoms with Crippen LogP contribution in [-0.4, -0.2) is 47.7 Å². The Morgan fingerprint density at radius 3 is 2.41 bits per heavy atom. The summed E-state index contributed by atoms with van der Waals surface area (Å²) in [6.07, 6.45) is 3.23. The molecule has 0 amide bonds. The zero-order valence-corrected chi connectivity index (χ0v) is 13.2. The van der Waals surface area contributed by atoms with Gasteiger partial charge in [0.1, 0.15) is 18.0 Å². The topological polar surface area (TPSA) is 54.4 Å². The Hall–Kier alpha value is -2.08. The molecule has 2 aromatic heterocycles. The Morgan fingerprint density at radius 2 is 1.77 bits per heavy atom. The van der Waals surface area contributed by atoms with E-state index >= 15 is 0 Å². The molecule has 116 valence electrons. The highest BCUT2D eigenvalue weighted by molar-refractivity contribution is 6.30. The molecule has 6 nitrogen and oxygen atoms in total. The quantitative estimate of drug-likeness (QED) is 0.861. The number of halogens is 1. The smallest absolute Gasteiger partial charge is 0.218 e. The second kappa shape index (κ2) is 6.79. The normalized spacial score (nSPS) is 15.0. The van der Waals surface area contributed by atoms with Crippen molar-refractivity contribution in [2.75, 3.05) is 42.6 Å². The molecule has 0 N–H and O–H groups in total. The van der Waals surface area contributed by atoms with E-state index in [0.717, 1.165) is 37.8 Å². The van der Waals surface area contributed by atoms with Crippen LogP contribution < -0.4 is 14.5 Å². The van der Waals surface area contributed by atoms with Crippen molar-refractivity contribution in [3.63, 3.8) is 0 Å². The predicted octanol–water partition coefficient (Wildman–Crippen LogP) is 2.25. The number of rotatable bonds is 4. The molecule has 0 bridgehead atoms. The molecule has 1 saturated heterocycles. The van der Waals surface area contributed by atoms with E-state index in [1.807, 2.05) is 25.1 Å². The molecule has 3 heterocycles. The molecular weight excluding hydrogens is 302 g/mol. The first-order valence-electron chi connectivity index (χ1n) is 7.32. The van der Waals surface area contributed by atoms with Gasteiger partial charge in [0.25, 0.3) is 0 Å². The van der Waals surface area contributed by atoms with Crippen molar-refractivity contribution in [2.24, 2.45) is 0 Å². The number of ether oxygens (including phenoxy) is 1. The fourth-order valence-electron chi connectivity index (χ4n) is 2.45. The molecule has 7 heteroatoms. The third-order valence-electron chi connectivity index (χ3n) is 3.56. The molecule has 1 aliphatic rings. The molecule has 0 aromatic carbocycles. The number of hydrogen-bond donors (Lipinski definition) is 0. The van der Waals surface area contributed by atoms with E-state index in [1.54, 1.807) is 12.5 Å². The van der Waals surface area contributed by atoms with E-state index in [-0.39, 0.29) is 0 Å². The average molecular weight is 320 g/mol. The molecule has 1 aliphatic heterocycles. The summed E-state index contributed by atoms with van der Waals surface area (Å²) < 4.78 is 5.43. The maximum atomic E-state index is 5.88. The lowest BCUT2D eigenvalue weighted by Gasteiger charge is -2.36. The summed E-state index contributed by atoms with van der Waals surface area (Å²) in [5.41, 5.74) is 0. The van der Waals surface area contributed by atoms with Crippen LogP contribution >= 0.6 is 11.6 Å². The van der Waals surface area contributed by atoms with Crippen LogP contribution in [0.5, 0.6) is 5.88 Å². The van der Waals surface area contributed by atoms with Gasteiger partial charge in [0.05, 0.1) is 11.6 Å². The summed E-state index contributed by atoms with van der Waals surface area (Å²) in [5, 5.41) is 0.659. The van der Waals surface area contributed by atoms with Crippen LogP contribution in [0.1, 0.15) is 6.92 Å². The van der Waals surface area contributed by atoms with Crippen LogP contribution in [0.25, 0.3) is 0 Å². The first kappa shape index (κ1) is 14.8. The third-order valence-corrected chi connectivity index (χ3v) is 3.78.